The summed E-state index contributed by atoms with van der Waals surface area (Å²) >= 11 is 0. The Labute approximate surface area is 161 Å². The molecule has 0 spiro atoms. The molecule has 0 heterocycles. The lowest BCUT2D eigenvalue weighted by atomic mass is 10.1. The number of ether oxygens (including phenoxy) is 1. The van der Waals surface area contributed by atoms with Gasteiger partial charge in [0.05, 0.1) is 27.7 Å². The quantitative estimate of drug-likeness (QED) is 0.187. The predicted octanol–water partition coefficient (Wildman–Crippen LogP) is 4.13. The molecule has 0 aliphatic carbocycles. The number of unbranched alkanes of at least 4 members (excludes halogenated alkanes) is 8. The molecular formula is C19H42NO5P. The Morgan fingerprint density at radius 1 is 0.731 bits per heavy atom. The molecular weight excluding hydrogens is 353 g/mol. The molecule has 0 rings (SSSR count). The van der Waals surface area contributed by atoms with Gasteiger partial charge < -0.3 is 23.2 Å². The van der Waals surface area contributed by atoms with Crippen LogP contribution < -0.4 is 4.89 Å². The Bertz CT molecular complexity index is 360. The molecule has 0 saturated heterocycles. The van der Waals surface area contributed by atoms with Crippen LogP contribution in [0.25, 0.3) is 0 Å². The largest absolute Gasteiger partial charge is 0.756 e. The minimum atomic E-state index is -4.13. The third kappa shape index (κ3) is 20.3. The standard InChI is InChI=1S/C19H42NO5P/c1-5-6-16-23-17-13-11-9-7-8-10-12-14-18-24-26(21,22)25-19-15-20(2,3)4/h5-19H2,1-4H3. The summed E-state index contributed by atoms with van der Waals surface area (Å²) in [4.78, 5) is 11.6. The van der Waals surface area contributed by atoms with E-state index in [0.717, 1.165) is 45.3 Å². The second kappa shape index (κ2) is 16.0. The van der Waals surface area contributed by atoms with Crippen molar-refractivity contribution in [1.82, 2.24) is 0 Å². The molecule has 0 bridgehead atoms. The van der Waals surface area contributed by atoms with Gasteiger partial charge in [0, 0.05) is 13.2 Å². The first-order valence-corrected chi connectivity index (χ1v) is 11.7. The molecule has 0 aromatic heterocycles. The zero-order valence-corrected chi connectivity index (χ0v) is 18.4. The van der Waals surface area contributed by atoms with Crippen LogP contribution in [0, 0.1) is 0 Å². The van der Waals surface area contributed by atoms with E-state index in [1.54, 1.807) is 0 Å². The molecule has 1 unspecified atom stereocenters. The number of hydrogen-bond donors (Lipinski definition) is 0. The number of phosphoric ester groups is 1. The highest BCUT2D eigenvalue weighted by Crippen LogP contribution is 2.38. The van der Waals surface area contributed by atoms with Crippen LogP contribution in [-0.2, 0) is 18.3 Å². The third-order valence-electron chi connectivity index (χ3n) is 4.09. The SMILES string of the molecule is CCCCOCCCCCCCCCCOP(=O)([O-])OCC[N+](C)(C)C. The van der Waals surface area contributed by atoms with E-state index in [-0.39, 0.29) is 13.2 Å². The van der Waals surface area contributed by atoms with Gasteiger partial charge in [0.25, 0.3) is 7.82 Å². The zero-order chi connectivity index (χ0) is 19.7. The average Bonchev–Trinajstić information content (AvgIpc) is 2.53. The van der Waals surface area contributed by atoms with Crippen molar-refractivity contribution in [3.8, 4) is 0 Å². The Balaban J connectivity index is 3.33. The van der Waals surface area contributed by atoms with Crippen LogP contribution >= 0.6 is 7.82 Å². The van der Waals surface area contributed by atoms with E-state index in [4.69, 9.17) is 13.8 Å². The molecule has 26 heavy (non-hydrogen) atoms. The topological polar surface area (TPSA) is 67.8 Å². The van der Waals surface area contributed by atoms with Gasteiger partial charge in [0.2, 0.25) is 0 Å². The number of phosphoric acid groups is 1. The van der Waals surface area contributed by atoms with E-state index >= 15 is 0 Å². The molecule has 0 amide bonds. The summed E-state index contributed by atoms with van der Waals surface area (Å²) in [5.41, 5.74) is 0. The van der Waals surface area contributed by atoms with E-state index in [9.17, 15) is 9.46 Å². The zero-order valence-electron chi connectivity index (χ0n) is 17.5. The molecule has 1 atom stereocenters. The lowest BCUT2D eigenvalue weighted by Crippen LogP contribution is -2.37. The second-order valence-electron chi connectivity index (χ2n) is 7.92. The number of quaternary nitrogens is 1. The van der Waals surface area contributed by atoms with Crippen molar-refractivity contribution in [3.63, 3.8) is 0 Å². The smallest absolute Gasteiger partial charge is 0.268 e. The lowest BCUT2D eigenvalue weighted by molar-refractivity contribution is -0.870. The summed E-state index contributed by atoms with van der Waals surface area (Å²) in [5, 5.41) is 0. The van der Waals surface area contributed by atoms with Gasteiger partial charge in [-0.05, 0) is 19.3 Å². The van der Waals surface area contributed by atoms with Gasteiger partial charge in [0.15, 0.2) is 0 Å². The van der Waals surface area contributed by atoms with Gasteiger partial charge in [0.1, 0.15) is 13.2 Å². The van der Waals surface area contributed by atoms with Crippen molar-refractivity contribution >= 4 is 7.82 Å². The fourth-order valence-corrected chi connectivity index (χ4v) is 3.09. The van der Waals surface area contributed by atoms with Crippen LogP contribution in [-0.4, -0.2) is 58.6 Å². The molecule has 0 fully saturated rings. The van der Waals surface area contributed by atoms with Crippen molar-refractivity contribution in [2.45, 2.75) is 71.1 Å². The Hall–Kier alpha value is 0.0300. The van der Waals surface area contributed by atoms with Gasteiger partial charge in [-0.3, -0.25) is 4.57 Å². The number of rotatable bonds is 19. The minimum absolute atomic E-state index is 0.161. The third-order valence-corrected chi connectivity index (χ3v) is 5.08. The average molecular weight is 396 g/mol. The second-order valence-corrected chi connectivity index (χ2v) is 9.33. The molecule has 0 aliphatic rings. The highest BCUT2D eigenvalue weighted by atomic mass is 31.2. The van der Waals surface area contributed by atoms with Gasteiger partial charge in [-0.1, -0.05) is 51.9 Å². The summed E-state index contributed by atoms with van der Waals surface area (Å²) in [6.45, 7) is 4.98. The molecule has 158 valence electrons. The van der Waals surface area contributed by atoms with E-state index in [2.05, 4.69) is 6.92 Å². The summed E-state index contributed by atoms with van der Waals surface area (Å²) < 4.78 is 27.6. The van der Waals surface area contributed by atoms with E-state index in [1.807, 2.05) is 21.1 Å². The first-order chi connectivity index (χ1) is 12.3. The van der Waals surface area contributed by atoms with Gasteiger partial charge in [-0.15, -0.1) is 0 Å². The van der Waals surface area contributed by atoms with Crippen molar-refractivity contribution in [2.24, 2.45) is 0 Å². The first-order valence-electron chi connectivity index (χ1n) is 10.2. The van der Waals surface area contributed by atoms with Crippen LogP contribution in [0.15, 0.2) is 0 Å². The van der Waals surface area contributed by atoms with E-state index in [1.165, 1.54) is 32.1 Å². The Kier molecular flexibility index (Phi) is 16.0. The monoisotopic (exact) mass is 395 g/mol. The maximum Gasteiger partial charge on any atom is 0.268 e. The van der Waals surface area contributed by atoms with Gasteiger partial charge in [-0.2, -0.15) is 0 Å². The highest BCUT2D eigenvalue weighted by molar-refractivity contribution is 7.45. The van der Waals surface area contributed by atoms with Crippen LogP contribution in [0.3, 0.4) is 0 Å². The van der Waals surface area contributed by atoms with Crippen molar-refractivity contribution in [3.05, 3.63) is 0 Å². The van der Waals surface area contributed by atoms with Crippen molar-refractivity contribution in [1.29, 1.82) is 0 Å². The molecule has 7 heteroatoms. The lowest BCUT2D eigenvalue weighted by Gasteiger charge is -2.27. The van der Waals surface area contributed by atoms with Crippen molar-refractivity contribution < 1.29 is 27.7 Å². The molecule has 0 aliphatic heterocycles. The highest BCUT2D eigenvalue weighted by Gasteiger charge is 2.12. The van der Waals surface area contributed by atoms with E-state index < -0.39 is 7.82 Å². The molecule has 0 N–H and O–H groups in total. The molecule has 0 saturated carbocycles. The fourth-order valence-electron chi connectivity index (χ4n) is 2.36. The normalized spacial score (nSPS) is 14.5. The predicted molar refractivity (Wildman–Crippen MR) is 105 cm³/mol. The van der Waals surface area contributed by atoms with Crippen LogP contribution in [0.1, 0.15) is 71.1 Å². The van der Waals surface area contributed by atoms with Gasteiger partial charge >= 0.3 is 0 Å². The summed E-state index contributed by atoms with van der Waals surface area (Å²) in [6.07, 6.45) is 11.3. The van der Waals surface area contributed by atoms with E-state index in [0.29, 0.717) is 11.0 Å². The van der Waals surface area contributed by atoms with Crippen molar-refractivity contribution in [2.75, 3.05) is 54.1 Å². The Morgan fingerprint density at radius 2 is 1.19 bits per heavy atom. The molecule has 0 aromatic carbocycles. The number of nitrogens with zero attached hydrogens (tertiary/aromatic N) is 1. The fraction of sp³-hybridized carbons (Fsp3) is 1.00. The Morgan fingerprint density at radius 3 is 1.73 bits per heavy atom. The minimum Gasteiger partial charge on any atom is -0.756 e. The molecule has 0 radical (unpaired) electrons. The number of likely N-dealkylation sites (N-methyl/N-ethyl adjacent to an activating group) is 1. The molecule has 6 nitrogen and oxygen atoms in total. The maximum absolute atomic E-state index is 11.6. The van der Waals surface area contributed by atoms with Crippen LogP contribution in [0.4, 0.5) is 0 Å². The summed E-state index contributed by atoms with van der Waals surface area (Å²) in [6, 6.07) is 0. The van der Waals surface area contributed by atoms with Gasteiger partial charge in [-0.25, -0.2) is 0 Å². The first kappa shape index (κ1) is 26.0. The summed E-state index contributed by atoms with van der Waals surface area (Å²) in [7, 11) is 1.83. The number of hydrogen-bond acceptors (Lipinski definition) is 5. The summed E-state index contributed by atoms with van der Waals surface area (Å²) in [5.74, 6) is 0. The van der Waals surface area contributed by atoms with Crippen LogP contribution in [0.5, 0.6) is 0 Å². The maximum atomic E-state index is 11.6. The van der Waals surface area contributed by atoms with Crippen LogP contribution in [0.2, 0.25) is 0 Å². The molecule has 0 aromatic rings.